The summed E-state index contributed by atoms with van der Waals surface area (Å²) >= 11 is 0. The molecule has 0 spiro atoms. The SMILES string of the molecule is CCN1CCN(C2C=C3[C@@H](C(C=C(N)c4cnc(N)c(C(F)(F)F)c4)=NC(C)C)[C@@H]3C2)CC1. The maximum atomic E-state index is 13.2. The number of nitrogens with two attached hydrogens (primary N) is 2. The van der Waals surface area contributed by atoms with Gasteiger partial charge in [0.1, 0.15) is 5.82 Å². The number of hydrogen-bond donors (Lipinski definition) is 2. The lowest BCUT2D eigenvalue weighted by Crippen LogP contribution is -2.49. The first-order valence-electron chi connectivity index (χ1n) is 11.6. The van der Waals surface area contributed by atoms with Crippen LogP contribution in [-0.2, 0) is 6.18 Å². The van der Waals surface area contributed by atoms with Gasteiger partial charge in [0.25, 0.3) is 0 Å². The zero-order valence-electron chi connectivity index (χ0n) is 19.4. The summed E-state index contributed by atoms with van der Waals surface area (Å²) in [4.78, 5) is 13.5. The van der Waals surface area contributed by atoms with Gasteiger partial charge in [0.05, 0.1) is 5.56 Å². The van der Waals surface area contributed by atoms with Crippen LogP contribution in [0.5, 0.6) is 0 Å². The molecule has 4 N–H and O–H groups in total. The maximum Gasteiger partial charge on any atom is 0.419 e. The van der Waals surface area contributed by atoms with Crippen LogP contribution in [0.4, 0.5) is 19.0 Å². The summed E-state index contributed by atoms with van der Waals surface area (Å²) in [6, 6.07) is 1.48. The molecule has 3 aliphatic rings. The standard InChI is InChI=1S/C24H33F3N6/c1-4-32-5-7-33(8-6-32)16-10-17-18(11-16)22(17)21(31-14(2)3)12-20(28)15-9-19(24(25,26)27)23(29)30-13-15/h9-10,12-14,16,18,22H,4-8,11,28H2,1-3H3,(H2,29,30)/t16?,18-,22-/m1/s1. The first-order valence-corrected chi connectivity index (χ1v) is 11.6. The maximum absolute atomic E-state index is 13.2. The van der Waals surface area contributed by atoms with Crippen molar-refractivity contribution in [2.75, 3.05) is 38.5 Å². The Labute approximate surface area is 193 Å². The Hall–Kier alpha value is -2.39. The average Bonchev–Trinajstić information content (AvgIpc) is 3.25. The first kappa shape index (κ1) is 23.8. The zero-order chi connectivity index (χ0) is 23.9. The van der Waals surface area contributed by atoms with Crippen molar-refractivity contribution in [3.63, 3.8) is 0 Å². The number of aromatic nitrogens is 1. The Morgan fingerprint density at radius 2 is 1.97 bits per heavy atom. The van der Waals surface area contributed by atoms with E-state index in [1.807, 2.05) is 13.8 Å². The predicted octanol–water partition coefficient (Wildman–Crippen LogP) is 3.41. The second-order valence-electron chi connectivity index (χ2n) is 9.43. The molecule has 1 aromatic heterocycles. The minimum atomic E-state index is -4.59. The van der Waals surface area contributed by atoms with E-state index in [1.165, 1.54) is 11.8 Å². The lowest BCUT2D eigenvalue weighted by molar-refractivity contribution is -0.137. The van der Waals surface area contributed by atoms with Crippen LogP contribution in [0.15, 0.2) is 35.0 Å². The van der Waals surface area contributed by atoms with Crippen molar-refractivity contribution in [3.8, 4) is 0 Å². The molecule has 9 heteroatoms. The number of nitrogen functional groups attached to an aromatic ring is 1. The molecule has 1 aromatic rings. The monoisotopic (exact) mass is 462 g/mol. The molecule has 33 heavy (non-hydrogen) atoms. The number of aliphatic imine (C=N–C) groups is 1. The molecule has 2 fully saturated rings. The minimum Gasteiger partial charge on any atom is -0.398 e. The Balaban J connectivity index is 1.52. The fourth-order valence-corrected chi connectivity index (χ4v) is 5.04. The van der Waals surface area contributed by atoms with Crippen molar-refractivity contribution >= 4 is 17.2 Å². The Morgan fingerprint density at radius 3 is 2.52 bits per heavy atom. The molecular formula is C24H33F3N6. The molecule has 1 saturated carbocycles. The normalized spacial score (nSPS) is 27.1. The van der Waals surface area contributed by atoms with E-state index in [4.69, 9.17) is 16.5 Å². The smallest absolute Gasteiger partial charge is 0.398 e. The fourth-order valence-electron chi connectivity index (χ4n) is 5.04. The van der Waals surface area contributed by atoms with Gasteiger partial charge < -0.3 is 16.4 Å². The summed E-state index contributed by atoms with van der Waals surface area (Å²) in [6.07, 6.45) is 1.86. The van der Waals surface area contributed by atoms with Crippen LogP contribution in [0.2, 0.25) is 0 Å². The van der Waals surface area contributed by atoms with Crippen LogP contribution in [0.25, 0.3) is 5.70 Å². The van der Waals surface area contributed by atoms with Gasteiger partial charge in [-0.15, -0.1) is 0 Å². The molecule has 0 radical (unpaired) electrons. The second-order valence-corrected chi connectivity index (χ2v) is 9.43. The van der Waals surface area contributed by atoms with Crippen molar-refractivity contribution in [3.05, 3.63) is 41.1 Å². The number of piperazine rings is 1. The average molecular weight is 463 g/mol. The first-order chi connectivity index (χ1) is 15.6. The van der Waals surface area contributed by atoms with E-state index in [-0.39, 0.29) is 23.2 Å². The van der Waals surface area contributed by atoms with Crippen LogP contribution in [0.3, 0.4) is 0 Å². The molecule has 1 unspecified atom stereocenters. The molecular weight excluding hydrogens is 429 g/mol. The van der Waals surface area contributed by atoms with Gasteiger partial charge in [0.15, 0.2) is 0 Å². The summed E-state index contributed by atoms with van der Waals surface area (Å²) < 4.78 is 39.7. The van der Waals surface area contributed by atoms with Gasteiger partial charge >= 0.3 is 6.18 Å². The molecule has 0 aromatic carbocycles. The molecule has 1 saturated heterocycles. The second kappa shape index (κ2) is 9.10. The van der Waals surface area contributed by atoms with E-state index >= 15 is 0 Å². The summed E-state index contributed by atoms with van der Waals surface area (Å²) in [5, 5.41) is 0. The van der Waals surface area contributed by atoms with Crippen LogP contribution < -0.4 is 11.5 Å². The lowest BCUT2D eigenvalue weighted by atomic mass is 10.0. The van der Waals surface area contributed by atoms with Crippen LogP contribution in [0, 0.1) is 11.8 Å². The van der Waals surface area contributed by atoms with E-state index < -0.39 is 17.6 Å². The number of anilines is 1. The van der Waals surface area contributed by atoms with E-state index in [0.717, 1.165) is 50.9 Å². The van der Waals surface area contributed by atoms with Gasteiger partial charge in [0, 0.05) is 67.3 Å². The highest BCUT2D eigenvalue weighted by molar-refractivity contribution is 6.06. The van der Waals surface area contributed by atoms with Crippen molar-refractivity contribution in [1.29, 1.82) is 0 Å². The fraction of sp³-hybridized carbons (Fsp3) is 0.583. The van der Waals surface area contributed by atoms with Crippen LogP contribution in [0.1, 0.15) is 38.3 Å². The number of fused-ring (bicyclic) bond motifs is 1. The summed E-state index contributed by atoms with van der Waals surface area (Å²) in [5.41, 5.74) is 13.3. The van der Waals surface area contributed by atoms with E-state index in [0.29, 0.717) is 12.0 Å². The van der Waals surface area contributed by atoms with Crippen molar-refractivity contribution in [1.82, 2.24) is 14.8 Å². The number of allylic oxidation sites excluding steroid dienone is 2. The van der Waals surface area contributed by atoms with E-state index in [2.05, 4.69) is 27.8 Å². The molecule has 2 aliphatic carbocycles. The number of likely N-dealkylation sites (N-methyl/N-ethyl adjacent to an activating group) is 1. The number of hydrogen-bond acceptors (Lipinski definition) is 6. The van der Waals surface area contributed by atoms with Gasteiger partial charge in [-0.25, -0.2) is 4.98 Å². The van der Waals surface area contributed by atoms with Gasteiger partial charge in [-0.1, -0.05) is 18.6 Å². The molecule has 0 amide bonds. The summed E-state index contributed by atoms with van der Waals surface area (Å²) in [5.74, 6) is 0.0850. The van der Waals surface area contributed by atoms with Crippen molar-refractivity contribution in [2.45, 2.75) is 45.5 Å². The topological polar surface area (TPSA) is 83.8 Å². The molecule has 6 nitrogen and oxygen atoms in total. The van der Waals surface area contributed by atoms with Gasteiger partial charge in [-0.05, 0) is 44.9 Å². The summed E-state index contributed by atoms with van der Waals surface area (Å²) in [7, 11) is 0. The predicted molar refractivity (Wildman–Crippen MR) is 126 cm³/mol. The largest absolute Gasteiger partial charge is 0.419 e. The lowest BCUT2D eigenvalue weighted by Gasteiger charge is -2.37. The number of alkyl halides is 3. The zero-order valence-corrected chi connectivity index (χ0v) is 19.4. The Bertz CT molecular complexity index is 973. The number of nitrogens with zero attached hydrogens (tertiary/aromatic N) is 4. The number of rotatable bonds is 6. The molecule has 4 rings (SSSR count). The summed E-state index contributed by atoms with van der Waals surface area (Å²) in [6.45, 7) is 11.7. The van der Waals surface area contributed by atoms with Crippen molar-refractivity contribution < 1.29 is 13.2 Å². The highest BCUT2D eigenvalue weighted by atomic mass is 19.4. The molecule has 2 heterocycles. The Morgan fingerprint density at radius 1 is 1.27 bits per heavy atom. The van der Waals surface area contributed by atoms with Gasteiger partial charge in [0.2, 0.25) is 0 Å². The molecule has 3 atom stereocenters. The minimum absolute atomic E-state index is 0.0548. The van der Waals surface area contributed by atoms with Gasteiger partial charge in [-0.3, -0.25) is 9.89 Å². The number of halogens is 3. The van der Waals surface area contributed by atoms with E-state index in [1.54, 1.807) is 6.08 Å². The molecule has 0 bridgehead atoms. The van der Waals surface area contributed by atoms with Gasteiger partial charge in [-0.2, -0.15) is 13.2 Å². The van der Waals surface area contributed by atoms with Crippen LogP contribution >= 0.6 is 0 Å². The highest BCUT2D eigenvalue weighted by Gasteiger charge is 2.52. The van der Waals surface area contributed by atoms with Crippen molar-refractivity contribution in [2.24, 2.45) is 22.6 Å². The molecule has 180 valence electrons. The highest BCUT2D eigenvalue weighted by Crippen LogP contribution is 2.55. The van der Waals surface area contributed by atoms with E-state index in [9.17, 15) is 13.2 Å². The third kappa shape index (κ3) is 5.09. The third-order valence-electron chi connectivity index (χ3n) is 6.87. The van der Waals surface area contributed by atoms with Crippen LogP contribution in [-0.4, -0.2) is 65.3 Å². The third-order valence-corrected chi connectivity index (χ3v) is 6.87. The molecule has 1 aliphatic heterocycles. The Kier molecular flexibility index (Phi) is 6.55. The quantitative estimate of drug-likeness (QED) is 0.500. The number of pyridine rings is 1.